The van der Waals surface area contributed by atoms with Crippen LogP contribution in [-0.2, 0) is 19.1 Å². The van der Waals surface area contributed by atoms with Crippen molar-refractivity contribution in [1.82, 2.24) is 0 Å². The van der Waals surface area contributed by atoms with Crippen molar-refractivity contribution in [2.45, 2.75) is 335 Å². The van der Waals surface area contributed by atoms with E-state index in [1.165, 1.54) is 250 Å². The number of hydrogen-bond donors (Lipinski definition) is 1. The molecule has 0 heterocycles. The molecule has 0 aromatic carbocycles. The molecule has 0 fully saturated rings. The average molecular weight is 942 g/mol. The van der Waals surface area contributed by atoms with Gasteiger partial charge >= 0.3 is 11.9 Å². The second kappa shape index (κ2) is 58.4. The maximum atomic E-state index is 12.2. The normalized spacial score (nSPS) is 12.3. The molecule has 0 aromatic heterocycles. The van der Waals surface area contributed by atoms with Crippen LogP contribution in [0.15, 0.2) is 36.5 Å². The largest absolute Gasteiger partial charge is 0.462 e. The number of allylic oxidation sites excluding steroid dienone is 6. The molecule has 5 heteroatoms. The van der Waals surface area contributed by atoms with Gasteiger partial charge in [-0.3, -0.25) is 9.59 Å². The Kier molecular flexibility index (Phi) is 56.8. The van der Waals surface area contributed by atoms with Crippen molar-refractivity contribution >= 4 is 11.9 Å². The van der Waals surface area contributed by atoms with Crippen LogP contribution in [0.1, 0.15) is 328 Å². The molecule has 0 radical (unpaired) electrons. The van der Waals surface area contributed by atoms with Crippen LogP contribution in [0.3, 0.4) is 0 Å². The number of carbonyl (C=O) groups is 2. The van der Waals surface area contributed by atoms with Crippen molar-refractivity contribution in [2.75, 3.05) is 13.2 Å². The van der Waals surface area contributed by atoms with Gasteiger partial charge in [-0.1, -0.05) is 288 Å². The SMILES string of the molecule is CCCC/C=C\C/C=C\CCCCCCCC(=O)OC(CO)COC(=O)CCCCCCCCCCCCCCCCCCCCCCCCCCCCC/C=C\CCCCCCCCCC. The Labute approximate surface area is 418 Å². The second-order valence-electron chi connectivity index (χ2n) is 20.4. The van der Waals surface area contributed by atoms with E-state index >= 15 is 0 Å². The third kappa shape index (κ3) is 56.6. The fourth-order valence-corrected chi connectivity index (χ4v) is 9.10. The quantitative estimate of drug-likeness (QED) is 0.0374. The van der Waals surface area contributed by atoms with E-state index in [9.17, 15) is 14.7 Å². The molecule has 0 amide bonds. The van der Waals surface area contributed by atoms with Crippen LogP contribution in [0, 0.1) is 0 Å². The molecule has 394 valence electrons. The van der Waals surface area contributed by atoms with Gasteiger partial charge in [0.15, 0.2) is 6.10 Å². The number of aliphatic hydroxyl groups excluding tert-OH is 1. The second-order valence-corrected chi connectivity index (χ2v) is 20.4. The van der Waals surface area contributed by atoms with Crippen LogP contribution in [0.5, 0.6) is 0 Å². The summed E-state index contributed by atoms with van der Waals surface area (Å²) in [5.74, 6) is -0.593. The molecule has 0 saturated carbocycles. The highest BCUT2D eigenvalue weighted by molar-refractivity contribution is 5.70. The zero-order chi connectivity index (χ0) is 48.5. The molecule has 0 rings (SSSR count). The molecule has 0 aliphatic rings. The van der Waals surface area contributed by atoms with Gasteiger partial charge in [0.1, 0.15) is 6.61 Å². The van der Waals surface area contributed by atoms with Gasteiger partial charge in [-0.25, -0.2) is 0 Å². The lowest BCUT2D eigenvalue weighted by atomic mass is 10.0. The van der Waals surface area contributed by atoms with Crippen molar-refractivity contribution < 1.29 is 24.2 Å². The van der Waals surface area contributed by atoms with Crippen molar-refractivity contribution in [3.05, 3.63) is 36.5 Å². The Bertz CT molecular complexity index is 1060. The lowest BCUT2D eigenvalue weighted by Crippen LogP contribution is -2.28. The van der Waals surface area contributed by atoms with Crippen molar-refractivity contribution in [3.63, 3.8) is 0 Å². The van der Waals surface area contributed by atoms with Crippen LogP contribution in [-0.4, -0.2) is 36.4 Å². The summed E-state index contributed by atoms with van der Waals surface area (Å²) in [6.45, 7) is 4.12. The minimum Gasteiger partial charge on any atom is -0.462 e. The lowest BCUT2D eigenvalue weighted by molar-refractivity contribution is -0.161. The summed E-state index contributed by atoms with van der Waals surface area (Å²) in [6, 6.07) is 0. The third-order valence-corrected chi connectivity index (χ3v) is 13.7. The van der Waals surface area contributed by atoms with Crippen LogP contribution < -0.4 is 0 Å². The molecule has 0 aliphatic heterocycles. The predicted octanol–water partition coefficient (Wildman–Crippen LogP) is 20.3. The summed E-state index contributed by atoms with van der Waals surface area (Å²) in [4.78, 5) is 24.4. The standard InChI is InChI=1S/C62H116O5/c1-3-5-7-9-11-13-15-17-19-20-21-22-23-24-25-26-27-28-29-30-31-32-33-34-35-36-37-38-39-40-41-42-43-45-46-48-50-52-54-56-61(64)66-59-60(58-63)67-62(65)57-55-53-51-49-47-44-18-16-14-12-10-8-6-4-2/h10,12,16,18,20-21,60,63H,3-9,11,13-15,17,19,22-59H2,1-2H3/b12-10-,18-16-,21-20-. The lowest BCUT2D eigenvalue weighted by Gasteiger charge is -2.15. The fourth-order valence-electron chi connectivity index (χ4n) is 9.10. The van der Waals surface area contributed by atoms with E-state index in [-0.39, 0.29) is 25.2 Å². The monoisotopic (exact) mass is 941 g/mol. The molecule has 1 atom stereocenters. The van der Waals surface area contributed by atoms with Gasteiger partial charge in [0.25, 0.3) is 0 Å². The number of rotatable bonds is 56. The Balaban J connectivity index is 3.35. The minimum absolute atomic E-state index is 0.0675. The van der Waals surface area contributed by atoms with Crippen LogP contribution in [0.25, 0.3) is 0 Å². The number of unbranched alkanes of at least 4 members (excludes halogenated alkanes) is 42. The molecule has 0 saturated heterocycles. The van der Waals surface area contributed by atoms with Gasteiger partial charge in [-0.15, -0.1) is 0 Å². The molecule has 67 heavy (non-hydrogen) atoms. The highest BCUT2D eigenvalue weighted by Gasteiger charge is 2.16. The first kappa shape index (κ1) is 65.1. The first-order valence-corrected chi connectivity index (χ1v) is 30.0. The van der Waals surface area contributed by atoms with Crippen molar-refractivity contribution in [1.29, 1.82) is 0 Å². The molecular weight excluding hydrogens is 825 g/mol. The van der Waals surface area contributed by atoms with E-state index in [4.69, 9.17) is 9.47 Å². The number of ether oxygens (including phenoxy) is 2. The summed E-state index contributed by atoms with van der Waals surface area (Å²) in [5.41, 5.74) is 0. The molecule has 1 unspecified atom stereocenters. The van der Waals surface area contributed by atoms with Gasteiger partial charge in [-0.2, -0.15) is 0 Å². The summed E-state index contributed by atoms with van der Waals surface area (Å²) in [7, 11) is 0. The summed E-state index contributed by atoms with van der Waals surface area (Å²) in [5, 5.41) is 9.62. The maximum absolute atomic E-state index is 12.2. The molecule has 5 nitrogen and oxygen atoms in total. The number of hydrogen-bond acceptors (Lipinski definition) is 5. The molecule has 0 aliphatic carbocycles. The minimum atomic E-state index is -0.776. The number of aliphatic hydroxyl groups is 1. The van der Waals surface area contributed by atoms with E-state index in [1.807, 2.05) is 0 Å². The Morgan fingerprint density at radius 3 is 0.940 bits per heavy atom. The van der Waals surface area contributed by atoms with E-state index < -0.39 is 6.10 Å². The van der Waals surface area contributed by atoms with E-state index in [0.29, 0.717) is 12.8 Å². The highest BCUT2D eigenvalue weighted by Crippen LogP contribution is 2.18. The topological polar surface area (TPSA) is 72.8 Å². The molecular formula is C62H116O5. The van der Waals surface area contributed by atoms with Crippen LogP contribution in [0.4, 0.5) is 0 Å². The zero-order valence-corrected chi connectivity index (χ0v) is 45.2. The summed E-state index contributed by atoms with van der Waals surface area (Å²) >= 11 is 0. The predicted molar refractivity (Wildman–Crippen MR) is 293 cm³/mol. The van der Waals surface area contributed by atoms with Crippen molar-refractivity contribution in [2.24, 2.45) is 0 Å². The molecule has 1 N–H and O–H groups in total. The van der Waals surface area contributed by atoms with E-state index in [1.54, 1.807) is 0 Å². The summed E-state index contributed by atoms with van der Waals surface area (Å²) in [6.07, 6.45) is 75.9. The summed E-state index contributed by atoms with van der Waals surface area (Å²) < 4.78 is 10.7. The highest BCUT2D eigenvalue weighted by atomic mass is 16.6. The number of carbonyl (C=O) groups excluding carboxylic acids is 2. The zero-order valence-electron chi connectivity index (χ0n) is 45.2. The molecule has 0 bridgehead atoms. The van der Waals surface area contributed by atoms with Gasteiger partial charge in [-0.05, 0) is 64.2 Å². The average Bonchev–Trinajstić information content (AvgIpc) is 3.33. The first-order chi connectivity index (χ1) is 33.1. The first-order valence-electron chi connectivity index (χ1n) is 30.0. The maximum Gasteiger partial charge on any atom is 0.306 e. The fraction of sp³-hybridized carbons (Fsp3) is 0.871. The van der Waals surface area contributed by atoms with Crippen LogP contribution >= 0.6 is 0 Å². The van der Waals surface area contributed by atoms with Gasteiger partial charge in [0.05, 0.1) is 6.61 Å². The number of esters is 2. The van der Waals surface area contributed by atoms with Crippen LogP contribution in [0.2, 0.25) is 0 Å². The molecule has 0 aromatic rings. The Hall–Kier alpha value is -1.88. The van der Waals surface area contributed by atoms with E-state index in [0.717, 1.165) is 51.4 Å². The Morgan fingerprint density at radius 1 is 0.343 bits per heavy atom. The van der Waals surface area contributed by atoms with Gasteiger partial charge in [0.2, 0.25) is 0 Å². The smallest absolute Gasteiger partial charge is 0.306 e. The van der Waals surface area contributed by atoms with Gasteiger partial charge < -0.3 is 14.6 Å². The van der Waals surface area contributed by atoms with E-state index in [2.05, 4.69) is 50.3 Å². The third-order valence-electron chi connectivity index (χ3n) is 13.7. The van der Waals surface area contributed by atoms with Gasteiger partial charge in [0, 0.05) is 12.8 Å². The van der Waals surface area contributed by atoms with Crippen molar-refractivity contribution in [3.8, 4) is 0 Å². The molecule has 0 spiro atoms. The Morgan fingerprint density at radius 2 is 0.612 bits per heavy atom.